The van der Waals surface area contributed by atoms with E-state index in [1.54, 1.807) is 18.2 Å². The second kappa shape index (κ2) is 6.45. The third-order valence-corrected chi connectivity index (χ3v) is 2.50. The van der Waals surface area contributed by atoms with Crippen molar-refractivity contribution in [3.05, 3.63) is 35.6 Å². The average Bonchev–Trinajstić information content (AvgIpc) is 2.21. The maximum atomic E-state index is 13.1. The van der Waals surface area contributed by atoms with Gasteiger partial charge in [-0.3, -0.25) is 4.79 Å². The Hall–Kier alpha value is -1.03. The second-order valence-electron chi connectivity index (χ2n) is 3.12. The van der Waals surface area contributed by atoms with Crippen molar-refractivity contribution in [2.45, 2.75) is 6.42 Å². The van der Waals surface area contributed by atoms with Gasteiger partial charge in [-0.15, -0.1) is 0 Å². The van der Waals surface area contributed by atoms with E-state index in [0.29, 0.717) is 24.3 Å². The first-order chi connectivity index (χ1) is 7.24. The molecule has 4 heteroatoms. The van der Waals surface area contributed by atoms with Crippen LogP contribution < -0.4 is 5.32 Å². The maximum absolute atomic E-state index is 13.1. The topological polar surface area (TPSA) is 29.1 Å². The van der Waals surface area contributed by atoms with Gasteiger partial charge in [0.25, 0.3) is 0 Å². The van der Waals surface area contributed by atoms with Crippen molar-refractivity contribution < 1.29 is 9.18 Å². The largest absolute Gasteiger partial charge is 0.355 e. The summed E-state index contributed by atoms with van der Waals surface area (Å²) in [4.78, 5) is 11.1. The fourth-order valence-electron chi connectivity index (χ4n) is 1.22. The Morgan fingerprint density at radius 3 is 2.87 bits per heavy atom. The Kier molecular flexibility index (Phi) is 5.18. The second-order valence-corrected chi connectivity index (χ2v) is 3.99. The third kappa shape index (κ3) is 4.34. The monoisotopic (exact) mass is 227 g/mol. The molecule has 1 aromatic carbocycles. The molecule has 15 heavy (non-hydrogen) atoms. The Morgan fingerprint density at radius 2 is 2.20 bits per heavy atom. The highest BCUT2D eigenvalue weighted by Gasteiger charge is 2.02. The smallest absolute Gasteiger partial charge is 0.229 e. The molecule has 0 unspecified atom stereocenters. The van der Waals surface area contributed by atoms with Crippen LogP contribution in [0.4, 0.5) is 4.39 Å². The lowest BCUT2D eigenvalue weighted by molar-refractivity contribution is -0.118. The summed E-state index contributed by atoms with van der Waals surface area (Å²) in [6.07, 6.45) is 2.41. The van der Waals surface area contributed by atoms with Crippen molar-refractivity contribution in [3.63, 3.8) is 0 Å². The number of carbonyl (C=O) groups excluding carboxylic acids is 1. The van der Waals surface area contributed by atoms with Gasteiger partial charge in [0, 0.05) is 6.54 Å². The molecule has 0 spiro atoms. The van der Waals surface area contributed by atoms with E-state index in [9.17, 15) is 9.18 Å². The summed E-state index contributed by atoms with van der Waals surface area (Å²) in [5, 5.41) is 2.73. The lowest BCUT2D eigenvalue weighted by Crippen LogP contribution is -2.27. The first-order valence-corrected chi connectivity index (χ1v) is 6.12. The number of hydrogen-bond acceptors (Lipinski definition) is 2. The van der Waals surface area contributed by atoms with Crippen molar-refractivity contribution in [1.82, 2.24) is 5.32 Å². The zero-order valence-corrected chi connectivity index (χ0v) is 9.44. The van der Waals surface area contributed by atoms with Gasteiger partial charge in [0.05, 0.1) is 5.75 Å². The molecule has 0 fully saturated rings. The molecule has 1 amide bonds. The van der Waals surface area contributed by atoms with E-state index in [1.165, 1.54) is 17.8 Å². The summed E-state index contributed by atoms with van der Waals surface area (Å²) < 4.78 is 13.1. The molecule has 0 radical (unpaired) electrons. The van der Waals surface area contributed by atoms with Crippen molar-refractivity contribution in [2.75, 3.05) is 18.6 Å². The van der Waals surface area contributed by atoms with Crippen molar-refractivity contribution in [3.8, 4) is 0 Å². The van der Waals surface area contributed by atoms with Crippen LogP contribution in [0.5, 0.6) is 0 Å². The first kappa shape index (κ1) is 12.0. The van der Waals surface area contributed by atoms with Gasteiger partial charge in [0.2, 0.25) is 5.91 Å². The molecule has 0 saturated carbocycles. The molecule has 0 bridgehead atoms. The van der Waals surface area contributed by atoms with E-state index < -0.39 is 0 Å². The van der Waals surface area contributed by atoms with Gasteiger partial charge in [0.15, 0.2) is 0 Å². The molecule has 0 aromatic heterocycles. The number of rotatable bonds is 5. The summed E-state index contributed by atoms with van der Waals surface area (Å²) >= 11 is 1.47. The minimum atomic E-state index is -0.211. The molecule has 0 atom stereocenters. The number of carbonyl (C=O) groups is 1. The van der Waals surface area contributed by atoms with Crippen LogP contribution in [0.25, 0.3) is 0 Å². The highest BCUT2D eigenvalue weighted by molar-refractivity contribution is 7.99. The lowest BCUT2D eigenvalue weighted by Gasteiger charge is -2.04. The van der Waals surface area contributed by atoms with Gasteiger partial charge < -0.3 is 5.32 Å². The van der Waals surface area contributed by atoms with Gasteiger partial charge in [-0.25, -0.2) is 4.39 Å². The van der Waals surface area contributed by atoms with Gasteiger partial charge in [-0.1, -0.05) is 18.2 Å². The van der Waals surface area contributed by atoms with Gasteiger partial charge >= 0.3 is 0 Å². The molecule has 0 aliphatic rings. The van der Waals surface area contributed by atoms with Crippen LogP contribution in [-0.2, 0) is 11.2 Å². The maximum Gasteiger partial charge on any atom is 0.229 e. The zero-order valence-electron chi connectivity index (χ0n) is 8.63. The fraction of sp³-hybridized carbons (Fsp3) is 0.364. The van der Waals surface area contributed by atoms with Crippen LogP contribution in [0.1, 0.15) is 5.56 Å². The van der Waals surface area contributed by atoms with Crippen LogP contribution in [0.2, 0.25) is 0 Å². The standard InChI is InChI=1S/C11H14FNOS/c1-15-8-11(14)13-7-6-9-4-2-3-5-10(9)12/h2-5H,6-8H2,1H3,(H,13,14). The predicted octanol–water partition coefficient (Wildman–Crippen LogP) is 1.85. The molecule has 82 valence electrons. The highest BCUT2D eigenvalue weighted by Crippen LogP contribution is 2.06. The molecule has 0 saturated heterocycles. The highest BCUT2D eigenvalue weighted by atomic mass is 32.2. The number of amides is 1. The molecule has 0 aliphatic heterocycles. The zero-order chi connectivity index (χ0) is 11.1. The molecule has 2 nitrogen and oxygen atoms in total. The Bertz CT molecular complexity index is 330. The summed E-state index contributed by atoms with van der Waals surface area (Å²) in [7, 11) is 0. The molecular weight excluding hydrogens is 213 g/mol. The summed E-state index contributed by atoms with van der Waals surface area (Å²) in [6.45, 7) is 0.486. The van der Waals surface area contributed by atoms with Gasteiger partial charge in [-0.05, 0) is 24.3 Å². The summed E-state index contributed by atoms with van der Waals surface area (Å²) in [6, 6.07) is 6.61. The van der Waals surface area contributed by atoms with Gasteiger partial charge in [-0.2, -0.15) is 11.8 Å². The van der Waals surface area contributed by atoms with Crippen LogP contribution >= 0.6 is 11.8 Å². The van der Waals surface area contributed by atoms with Crippen LogP contribution in [-0.4, -0.2) is 24.5 Å². The normalized spacial score (nSPS) is 10.0. The number of halogens is 1. The number of hydrogen-bond donors (Lipinski definition) is 1. The molecule has 1 rings (SSSR count). The number of benzene rings is 1. The Morgan fingerprint density at radius 1 is 1.47 bits per heavy atom. The van der Waals surface area contributed by atoms with E-state index in [-0.39, 0.29) is 11.7 Å². The molecule has 1 N–H and O–H groups in total. The SMILES string of the molecule is CSCC(=O)NCCc1ccccc1F. The van der Waals surface area contributed by atoms with Crippen LogP contribution in [0, 0.1) is 5.82 Å². The molecule has 0 aliphatic carbocycles. The molecular formula is C11H14FNOS. The fourth-order valence-corrected chi connectivity index (χ4v) is 1.58. The van der Waals surface area contributed by atoms with Crippen LogP contribution in [0.15, 0.2) is 24.3 Å². The molecule has 0 heterocycles. The van der Waals surface area contributed by atoms with Crippen LogP contribution in [0.3, 0.4) is 0 Å². The van der Waals surface area contributed by atoms with E-state index in [4.69, 9.17) is 0 Å². The first-order valence-electron chi connectivity index (χ1n) is 4.73. The van der Waals surface area contributed by atoms with Gasteiger partial charge in [0.1, 0.15) is 5.82 Å². The summed E-state index contributed by atoms with van der Waals surface area (Å²) in [5.41, 5.74) is 0.641. The minimum Gasteiger partial charge on any atom is -0.355 e. The number of nitrogens with one attached hydrogen (secondary N) is 1. The van der Waals surface area contributed by atoms with E-state index in [2.05, 4.69) is 5.32 Å². The van der Waals surface area contributed by atoms with E-state index in [0.717, 1.165) is 0 Å². The Balaban J connectivity index is 2.32. The van der Waals surface area contributed by atoms with Crippen molar-refractivity contribution in [2.24, 2.45) is 0 Å². The molecule has 1 aromatic rings. The third-order valence-electron chi connectivity index (χ3n) is 1.95. The lowest BCUT2D eigenvalue weighted by atomic mass is 10.1. The van der Waals surface area contributed by atoms with Crippen molar-refractivity contribution in [1.29, 1.82) is 0 Å². The predicted molar refractivity (Wildman–Crippen MR) is 61.5 cm³/mol. The number of thioether (sulfide) groups is 1. The summed E-state index contributed by atoms with van der Waals surface area (Å²) in [5.74, 6) is 0.243. The minimum absolute atomic E-state index is 0.00107. The quantitative estimate of drug-likeness (QED) is 0.831. The van der Waals surface area contributed by atoms with E-state index in [1.807, 2.05) is 6.26 Å². The Labute approximate surface area is 93.3 Å². The van der Waals surface area contributed by atoms with Crippen molar-refractivity contribution >= 4 is 17.7 Å². The average molecular weight is 227 g/mol. The van der Waals surface area contributed by atoms with E-state index >= 15 is 0 Å².